The second-order valence-electron chi connectivity index (χ2n) is 6.38. The quantitative estimate of drug-likeness (QED) is 0.859. The minimum absolute atomic E-state index is 0.239. The van der Waals surface area contributed by atoms with Crippen LogP contribution in [0.3, 0.4) is 0 Å². The zero-order valence-corrected chi connectivity index (χ0v) is 14.8. The normalized spacial score (nSPS) is 20.8. The number of hydrogen-bond acceptors (Lipinski definition) is 5. The molecule has 0 bridgehead atoms. The number of nitrogens with zero attached hydrogens (tertiary/aromatic N) is 3. The van der Waals surface area contributed by atoms with Gasteiger partial charge in [-0.3, -0.25) is 4.98 Å². The van der Waals surface area contributed by atoms with Gasteiger partial charge < -0.3 is 14.4 Å². The van der Waals surface area contributed by atoms with Gasteiger partial charge in [-0.2, -0.15) is 0 Å². The molecule has 5 heteroatoms. The van der Waals surface area contributed by atoms with Crippen molar-refractivity contribution < 1.29 is 9.47 Å². The number of methoxy groups -OCH3 is 1. The number of aryl methyl sites for hydroxylation is 1. The number of rotatable bonds is 4. The average Bonchev–Trinajstić information content (AvgIpc) is 2.59. The third kappa shape index (κ3) is 3.45. The first kappa shape index (κ1) is 16.6. The van der Waals surface area contributed by atoms with Crippen LogP contribution in [0.25, 0.3) is 0 Å². The van der Waals surface area contributed by atoms with Crippen molar-refractivity contribution in [2.45, 2.75) is 45.8 Å². The number of ether oxygens (including phenoxy) is 2. The summed E-state index contributed by atoms with van der Waals surface area (Å²) >= 11 is 0. The Labute approximate surface area is 143 Å². The van der Waals surface area contributed by atoms with Gasteiger partial charge in [-0.15, -0.1) is 0 Å². The zero-order valence-electron chi connectivity index (χ0n) is 14.8. The lowest BCUT2D eigenvalue weighted by Gasteiger charge is -2.39. The molecule has 0 aliphatic carbocycles. The van der Waals surface area contributed by atoms with E-state index in [-0.39, 0.29) is 6.10 Å². The van der Waals surface area contributed by atoms with Gasteiger partial charge in [0, 0.05) is 48.9 Å². The average molecular weight is 327 g/mol. The molecule has 1 saturated heterocycles. The van der Waals surface area contributed by atoms with E-state index in [1.807, 2.05) is 31.5 Å². The fourth-order valence-electron chi connectivity index (χ4n) is 3.21. The SMILES string of the molecule is COc1ccc(N2CCC(Oc3ccnc(C)c3C)CC2C)cn1. The fourth-order valence-corrected chi connectivity index (χ4v) is 3.21. The first-order valence-corrected chi connectivity index (χ1v) is 8.44. The van der Waals surface area contributed by atoms with Crippen LogP contribution in [-0.4, -0.2) is 35.8 Å². The molecule has 3 heterocycles. The Morgan fingerprint density at radius 3 is 2.67 bits per heavy atom. The van der Waals surface area contributed by atoms with E-state index in [1.54, 1.807) is 7.11 Å². The number of anilines is 1. The van der Waals surface area contributed by atoms with Crippen LogP contribution in [0.2, 0.25) is 0 Å². The maximum absolute atomic E-state index is 6.26. The number of aromatic nitrogens is 2. The maximum atomic E-state index is 6.26. The predicted octanol–water partition coefficient (Wildman–Crippen LogP) is 3.54. The summed E-state index contributed by atoms with van der Waals surface area (Å²) in [6.45, 7) is 7.29. The van der Waals surface area contributed by atoms with E-state index in [1.165, 1.54) is 0 Å². The Bertz CT molecular complexity index is 688. The van der Waals surface area contributed by atoms with Gasteiger partial charge in [0.25, 0.3) is 0 Å². The van der Waals surface area contributed by atoms with Gasteiger partial charge in [-0.1, -0.05) is 0 Å². The van der Waals surface area contributed by atoms with Crippen molar-refractivity contribution in [2.24, 2.45) is 0 Å². The minimum atomic E-state index is 0.239. The van der Waals surface area contributed by atoms with E-state index in [2.05, 4.69) is 34.8 Å². The molecule has 0 N–H and O–H groups in total. The molecule has 24 heavy (non-hydrogen) atoms. The predicted molar refractivity (Wildman–Crippen MR) is 95.0 cm³/mol. The van der Waals surface area contributed by atoms with E-state index < -0.39 is 0 Å². The summed E-state index contributed by atoms with van der Waals surface area (Å²) < 4.78 is 11.4. The Morgan fingerprint density at radius 2 is 2.00 bits per heavy atom. The smallest absolute Gasteiger partial charge is 0.213 e. The second-order valence-corrected chi connectivity index (χ2v) is 6.38. The standard InChI is InChI=1S/C19H25N3O2/c1-13-11-17(24-18-7-9-20-15(3)14(18)2)8-10-22(13)16-5-6-19(23-4)21-12-16/h5-7,9,12-13,17H,8,10-11H2,1-4H3. The van der Waals surface area contributed by atoms with Crippen LogP contribution in [0.5, 0.6) is 11.6 Å². The Kier molecular flexibility index (Phi) is 4.88. The summed E-state index contributed by atoms with van der Waals surface area (Å²) in [5.41, 5.74) is 3.30. The van der Waals surface area contributed by atoms with E-state index in [4.69, 9.17) is 9.47 Å². The molecule has 2 aromatic heterocycles. The summed E-state index contributed by atoms with van der Waals surface area (Å²) in [7, 11) is 1.64. The molecule has 1 aliphatic rings. The van der Waals surface area contributed by atoms with Crippen molar-refractivity contribution >= 4 is 5.69 Å². The number of pyridine rings is 2. The highest BCUT2D eigenvalue weighted by molar-refractivity contribution is 5.47. The van der Waals surface area contributed by atoms with Crippen molar-refractivity contribution in [3.05, 3.63) is 41.9 Å². The molecule has 0 amide bonds. The number of hydrogen-bond donors (Lipinski definition) is 0. The van der Waals surface area contributed by atoms with E-state index in [0.29, 0.717) is 11.9 Å². The van der Waals surface area contributed by atoms with Gasteiger partial charge in [0.2, 0.25) is 5.88 Å². The molecule has 5 nitrogen and oxygen atoms in total. The molecule has 3 rings (SSSR count). The van der Waals surface area contributed by atoms with Crippen LogP contribution in [-0.2, 0) is 0 Å². The highest BCUT2D eigenvalue weighted by Gasteiger charge is 2.27. The van der Waals surface area contributed by atoms with Crippen LogP contribution >= 0.6 is 0 Å². The Morgan fingerprint density at radius 1 is 1.17 bits per heavy atom. The Balaban J connectivity index is 1.65. The van der Waals surface area contributed by atoms with Crippen LogP contribution in [0.15, 0.2) is 30.6 Å². The molecular formula is C19H25N3O2. The fraction of sp³-hybridized carbons (Fsp3) is 0.474. The van der Waals surface area contributed by atoms with E-state index >= 15 is 0 Å². The molecule has 1 fully saturated rings. The van der Waals surface area contributed by atoms with Crippen molar-refractivity contribution in [3.63, 3.8) is 0 Å². The monoisotopic (exact) mass is 327 g/mol. The topological polar surface area (TPSA) is 47.5 Å². The van der Waals surface area contributed by atoms with Crippen LogP contribution in [0, 0.1) is 13.8 Å². The molecule has 2 atom stereocenters. The van der Waals surface area contributed by atoms with E-state index in [9.17, 15) is 0 Å². The third-order valence-electron chi connectivity index (χ3n) is 4.79. The van der Waals surface area contributed by atoms with Crippen LogP contribution in [0.1, 0.15) is 31.0 Å². The summed E-state index contributed by atoms with van der Waals surface area (Å²) in [4.78, 5) is 11.0. The molecule has 2 unspecified atom stereocenters. The van der Waals surface area contributed by atoms with Crippen molar-refractivity contribution in [1.82, 2.24) is 9.97 Å². The molecule has 1 aliphatic heterocycles. The highest BCUT2D eigenvalue weighted by atomic mass is 16.5. The van der Waals surface area contributed by atoms with Gasteiger partial charge in [0.1, 0.15) is 11.9 Å². The Hall–Kier alpha value is -2.30. The molecule has 0 radical (unpaired) electrons. The third-order valence-corrected chi connectivity index (χ3v) is 4.79. The molecule has 0 aromatic carbocycles. The summed E-state index contributed by atoms with van der Waals surface area (Å²) in [5, 5.41) is 0. The van der Waals surface area contributed by atoms with Crippen molar-refractivity contribution in [3.8, 4) is 11.6 Å². The van der Waals surface area contributed by atoms with E-state index in [0.717, 1.165) is 42.1 Å². The summed E-state index contributed by atoms with van der Waals surface area (Å²) in [6.07, 6.45) is 5.93. The largest absolute Gasteiger partial charge is 0.490 e. The molecule has 0 spiro atoms. The van der Waals surface area contributed by atoms with Crippen LogP contribution in [0.4, 0.5) is 5.69 Å². The van der Waals surface area contributed by atoms with Gasteiger partial charge in [-0.05, 0) is 32.9 Å². The first-order chi connectivity index (χ1) is 11.6. The lowest BCUT2D eigenvalue weighted by atomic mass is 10.00. The molecule has 0 saturated carbocycles. The first-order valence-electron chi connectivity index (χ1n) is 8.44. The summed E-state index contributed by atoms with van der Waals surface area (Å²) in [5.74, 6) is 1.60. The van der Waals surface area contributed by atoms with Gasteiger partial charge in [-0.25, -0.2) is 4.98 Å². The van der Waals surface area contributed by atoms with Gasteiger partial charge >= 0.3 is 0 Å². The zero-order chi connectivity index (χ0) is 17.1. The highest BCUT2D eigenvalue weighted by Crippen LogP contribution is 2.29. The second kappa shape index (κ2) is 7.07. The molecular weight excluding hydrogens is 302 g/mol. The molecule has 128 valence electrons. The lowest BCUT2D eigenvalue weighted by Crippen LogP contribution is -2.44. The molecule has 2 aromatic rings. The van der Waals surface area contributed by atoms with Gasteiger partial charge in [0.15, 0.2) is 0 Å². The van der Waals surface area contributed by atoms with Crippen molar-refractivity contribution in [1.29, 1.82) is 0 Å². The minimum Gasteiger partial charge on any atom is -0.490 e. The van der Waals surface area contributed by atoms with Gasteiger partial charge in [0.05, 0.1) is 19.0 Å². The maximum Gasteiger partial charge on any atom is 0.213 e. The van der Waals surface area contributed by atoms with Crippen molar-refractivity contribution in [2.75, 3.05) is 18.6 Å². The van der Waals surface area contributed by atoms with Crippen LogP contribution < -0.4 is 14.4 Å². The number of piperidine rings is 1. The lowest BCUT2D eigenvalue weighted by molar-refractivity contribution is 0.154. The summed E-state index contributed by atoms with van der Waals surface area (Å²) in [6, 6.07) is 6.35.